The highest BCUT2D eigenvalue weighted by atomic mass is 35.5. The minimum absolute atomic E-state index is 0. The van der Waals surface area contributed by atoms with Crippen LogP contribution in [0.1, 0.15) is 42.1 Å². The monoisotopic (exact) mass is 381 g/mol. The molecule has 2 amide bonds. The van der Waals surface area contributed by atoms with E-state index in [1.165, 1.54) is 6.42 Å². The fraction of sp³-hybridized carbons (Fsp3) is 0.579. The maximum Gasteiger partial charge on any atom is 0.254 e. The van der Waals surface area contributed by atoms with E-state index in [4.69, 9.17) is 4.74 Å². The average Bonchev–Trinajstić information content (AvgIpc) is 2.64. The van der Waals surface area contributed by atoms with Crippen LogP contribution in [-0.4, -0.2) is 55.1 Å². The summed E-state index contributed by atoms with van der Waals surface area (Å²) in [5.41, 5.74) is 2.29. The summed E-state index contributed by atoms with van der Waals surface area (Å²) >= 11 is 0. The van der Waals surface area contributed by atoms with Crippen molar-refractivity contribution < 1.29 is 14.3 Å². The number of carbonyl (C=O) groups is 2. The number of likely N-dealkylation sites (tertiary alicyclic amines) is 1. The molecule has 0 radical (unpaired) electrons. The number of morpholine rings is 1. The van der Waals surface area contributed by atoms with Crippen molar-refractivity contribution in [3.8, 4) is 0 Å². The molecule has 26 heavy (non-hydrogen) atoms. The number of rotatable bonds is 3. The first-order chi connectivity index (χ1) is 12.1. The molecule has 2 aliphatic rings. The molecule has 2 atom stereocenters. The molecule has 1 aromatic rings. The van der Waals surface area contributed by atoms with Crippen molar-refractivity contribution in [1.29, 1.82) is 0 Å². The summed E-state index contributed by atoms with van der Waals surface area (Å²) in [5, 5.41) is 6.05. The number of hydrogen-bond acceptors (Lipinski definition) is 4. The molecule has 2 heterocycles. The van der Waals surface area contributed by atoms with Crippen LogP contribution in [0.4, 0.5) is 5.69 Å². The van der Waals surface area contributed by atoms with Gasteiger partial charge in [0.1, 0.15) is 6.10 Å². The van der Waals surface area contributed by atoms with Gasteiger partial charge < -0.3 is 20.3 Å². The molecule has 7 heteroatoms. The fourth-order valence-electron chi connectivity index (χ4n) is 3.45. The molecule has 0 saturated carbocycles. The van der Waals surface area contributed by atoms with Gasteiger partial charge in [0.15, 0.2) is 0 Å². The molecule has 1 aromatic carbocycles. The lowest BCUT2D eigenvalue weighted by Gasteiger charge is -2.33. The van der Waals surface area contributed by atoms with Crippen molar-refractivity contribution >= 4 is 29.9 Å². The molecule has 0 aliphatic carbocycles. The van der Waals surface area contributed by atoms with Crippen LogP contribution in [-0.2, 0) is 9.53 Å². The fourth-order valence-corrected chi connectivity index (χ4v) is 3.45. The number of carbonyl (C=O) groups excluding carboxylic acids is 2. The van der Waals surface area contributed by atoms with Gasteiger partial charge in [-0.25, -0.2) is 0 Å². The van der Waals surface area contributed by atoms with Gasteiger partial charge in [0.2, 0.25) is 0 Å². The smallest absolute Gasteiger partial charge is 0.254 e. The highest BCUT2D eigenvalue weighted by Gasteiger charge is 2.25. The van der Waals surface area contributed by atoms with Crippen molar-refractivity contribution in [1.82, 2.24) is 10.2 Å². The number of ether oxygens (including phenoxy) is 1. The second-order valence-corrected chi connectivity index (χ2v) is 6.93. The first kappa shape index (κ1) is 20.7. The lowest BCUT2D eigenvalue weighted by Crippen LogP contribution is -2.45. The molecule has 0 spiro atoms. The topological polar surface area (TPSA) is 70.7 Å². The summed E-state index contributed by atoms with van der Waals surface area (Å²) in [6.07, 6.45) is 2.85. The number of amides is 2. The Morgan fingerprint density at radius 2 is 2.12 bits per heavy atom. The molecular weight excluding hydrogens is 354 g/mol. The molecule has 6 nitrogen and oxygen atoms in total. The molecule has 2 unspecified atom stereocenters. The van der Waals surface area contributed by atoms with Gasteiger partial charge in [-0.05, 0) is 56.9 Å². The predicted molar refractivity (Wildman–Crippen MR) is 104 cm³/mol. The van der Waals surface area contributed by atoms with Crippen LogP contribution in [0.25, 0.3) is 0 Å². The summed E-state index contributed by atoms with van der Waals surface area (Å²) in [4.78, 5) is 27.0. The van der Waals surface area contributed by atoms with E-state index in [1.54, 1.807) is 6.07 Å². The Bertz CT molecular complexity index is 647. The van der Waals surface area contributed by atoms with Crippen LogP contribution in [0, 0.1) is 6.92 Å². The van der Waals surface area contributed by atoms with E-state index in [9.17, 15) is 9.59 Å². The SMILES string of the molecule is Cc1cc(C(=O)N2CCCCC2C)ccc1NC(=O)C1CNCCO1.Cl. The first-order valence-electron chi connectivity index (χ1n) is 9.11. The molecule has 0 aromatic heterocycles. The highest BCUT2D eigenvalue weighted by molar-refractivity contribution is 5.98. The Morgan fingerprint density at radius 3 is 2.77 bits per heavy atom. The summed E-state index contributed by atoms with van der Waals surface area (Å²) < 4.78 is 5.47. The number of nitrogens with one attached hydrogen (secondary N) is 2. The van der Waals surface area contributed by atoms with Crippen molar-refractivity contribution in [3.63, 3.8) is 0 Å². The second-order valence-electron chi connectivity index (χ2n) is 6.93. The van der Waals surface area contributed by atoms with Crippen LogP contribution in [0.2, 0.25) is 0 Å². The number of piperidine rings is 1. The largest absolute Gasteiger partial charge is 0.366 e. The van der Waals surface area contributed by atoms with Gasteiger partial charge in [0.05, 0.1) is 6.61 Å². The summed E-state index contributed by atoms with van der Waals surface area (Å²) in [6.45, 7) is 6.67. The van der Waals surface area contributed by atoms with E-state index in [0.717, 1.165) is 37.2 Å². The van der Waals surface area contributed by atoms with Gasteiger partial charge in [0.25, 0.3) is 11.8 Å². The van der Waals surface area contributed by atoms with E-state index < -0.39 is 6.10 Å². The summed E-state index contributed by atoms with van der Waals surface area (Å²) in [5.74, 6) is -0.0768. The van der Waals surface area contributed by atoms with Crippen molar-refractivity contribution in [2.45, 2.75) is 45.3 Å². The standard InChI is InChI=1S/C19H27N3O3.ClH/c1-13-11-15(19(24)22-9-4-3-5-14(22)2)6-7-16(13)21-18(23)17-12-20-8-10-25-17;/h6-7,11,14,17,20H,3-5,8-10,12H2,1-2H3,(H,21,23);1H. The number of aryl methyl sites for hydroxylation is 1. The van der Waals surface area contributed by atoms with E-state index in [-0.39, 0.29) is 30.3 Å². The molecule has 2 fully saturated rings. The molecule has 2 aliphatic heterocycles. The predicted octanol–water partition coefficient (Wildman–Crippen LogP) is 2.36. The minimum atomic E-state index is -0.469. The maximum atomic E-state index is 12.8. The third-order valence-electron chi connectivity index (χ3n) is 5.02. The Hall–Kier alpha value is -1.63. The van der Waals surface area contributed by atoms with Gasteiger partial charge in [-0.15, -0.1) is 12.4 Å². The van der Waals surface area contributed by atoms with E-state index in [1.807, 2.05) is 24.0 Å². The van der Waals surface area contributed by atoms with E-state index >= 15 is 0 Å². The van der Waals surface area contributed by atoms with Gasteiger partial charge in [-0.1, -0.05) is 0 Å². The molecular formula is C19H28ClN3O3. The first-order valence-corrected chi connectivity index (χ1v) is 9.11. The van der Waals surface area contributed by atoms with Crippen molar-refractivity contribution in [3.05, 3.63) is 29.3 Å². The van der Waals surface area contributed by atoms with Crippen LogP contribution in [0.5, 0.6) is 0 Å². The van der Waals surface area contributed by atoms with Crippen LogP contribution in [0.3, 0.4) is 0 Å². The lowest BCUT2D eigenvalue weighted by atomic mass is 10.0. The van der Waals surface area contributed by atoms with Crippen molar-refractivity contribution in [2.24, 2.45) is 0 Å². The van der Waals surface area contributed by atoms with Gasteiger partial charge >= 0.3 is 0 Å². The summed E-state index contributed by atoms with van der Waals surface area (Å²) in [7, 11) is 0. The number of nitrogens with zero attached hydrogens (tertiary/aromatic N) is 1. The van der Waals surface area contributed by atoms with Crippen LogP contribution >= 0.6 is 12.4 Å². The Labute approximate surface area is 161 Å². The minimum Gasteiger partial charge on any atom is -0.366 e. The average molecular weight is 382 g/mol. The number of anilines is 1. The molecule has 0 bridgehead atoms. The molecule has 2 saturated heterocycles. The van der Waals surface area contributed by atoms with Gasteiger partial charge in [-0.3, -0.25) is 9.59 Å². The van der Waals surface area contributed by atoms with Crippen LogP contribution < -0.4 is 10.6 Å². The molecule has 3 rings (SSSR count). The third kappa shape index (κ3) is 4.75. The number of halogens is 1. The Balaban J connectivity index is 0.00000243. The normalized spacial score (nSPS) is 23.1. The van der Waals surface area contributed by atoms with Gasteiger partial charge in [0, 0.05) is 36.9 Å². The zero-order chi connectivity index (χ0) is 17.8. The highest BCUT2D eigenvalue weighted by Crippen LogP contribution is 2.22. The third-order valence-corrected chi connectivity index (χ3v) is 5.02. The quantitative estimate of drug-likeness (QED) is 0.843. The van der Waals surface area contributed by atoms with Crippen LogP contribution in [0.15, 0.2) is 18.2 Å². The zero-order valence-corrected chi connectivity index (χ0v) is 16.2. The van der Waals surface area contributed by atoms with Gasteiger partial charge in [-0.2, -0.15) is 0 Å². The lowest BCUT2D eigenvalue weighted by molar-refractivity contribution is -0.128. The zero-order valence-electron chi connectivity index (χ0n) is 15.4. The Kier molecular flexibility index (Phi) is 7.43. The molecule has 144 valence electrons. The number of benzene rings is 1. The second kappa shape index (κ2) is 9.35. The van der Waals surface area contributed by atoms with E-state index in [0.29, 0.717) is 18.7 Å². The van der Waals surface area contributed by atoms with E-state index in [2.05, 4.69) is 17.6 Å². The molecule has 2 N–H and O–H groups in total. The summed E-state index contributed by atoms with van der Waals surface area (Å²) in [6, 6.07) is 5.76. The maximum absolute atomic E-state index is 12.8. The van der Waals surface area contributed by atoms with Crippen molar-refractivity contribution in [2.75, 3.05) is 31.6 Å². The number of hydrogen-bond donors (Lipinski definition) is 2. The Morgan fingerprint density at radius 1 is 1.31 bits per heavy atom.